The minimum Gasteiger partial charge on any atom is -0.325 e. The number of benzene rings is 2. The Balaban J connectivity index is 1.34. The highest BCUT2D eigenvalue weighted by molar-refractivity contribution is 5.85. The van der Waals surface area contributed by atoms with Crippen LogP contribution in [0.25, 0.3) is 69.9 Å². The zero-order valence-electron chi connectivity index (χ0n) is 29.2. The van der Waals surface area contributed by atoms with Gasteiger partial charge in [-0.05, 0) is 126 Å². The van der Waals surface area contributed by atoms with Crippen molar-refractivity contribution in [2.24, 2.45) is 0 Å². The predicted octanol–water partition coefficient (Wildman–Crippen LogP) is 5.26. The lowest BCUT2D eigenvalue weighted by atomic mass is 9.87. The molecule has 250 valence electrons. The molecule has 12 heteroatoms. The van der Waals surface area contributed by atoms with Crippen LogP contribution >= 0.6 is 0 Å². The molecule has 0 fully saturated rings. The molecule has 2 aromatic carbocycles. The van der Waals surface area contributed by atoms with Gasteiger partial charge in [0, 0.05) is 22.3 Å². The zero-order valence-corrected chi connectivity index (χ0v) is 29.2. The van der Waals surface area contributed by atoms with Gasteiger partial charge in [-0.3, -0.25) is 0 Å². The number of nitrogens with one attached hydrogen (secondary N) is 2. The molecule has 3 aromatic rings. The number of fused-ring (bicyclic) bond motifs is 16. The highest BCUT2D eigenvalue weighted by Crippen LogP contribution is 2.53. The Labute approximate surface area is 288 Å². The van der Waals surface area contributed by atoms with E-state index in [9.17, 15) is 10.4 Å². The summed E-state index contributed by atoms with van der Waals surface area (Å²) in [6.07, 6.45) is 11.2. The normalized spacial score (nSPS) is 20.0. The van der Waals surface area contributed by atoms with Gasteiger partial charge in [-0.2, -0.15) is 0 Å². The van der Waals surface area contributed by atoms with E-state index in [0.717, 1.165) is 44.5 Å². The predicted molar refractivity (Wildman–Crippen MR) is 187 cm³/mol. The third-order valence-corrected chi connectivity index (χ3v) is 10.8. The van der Waals surface area contributed by atoms with Crippen LogP contribution in [0.15, 0.2) is 36.4 Å². The first-order chi connectivity index (χ1) is 23.6. The molecule has 8 bridgehead atoms. The van der Waals surface area contributed by atoms with Crippen molar-refractivity contribution in [3.63, 3.8) is 0 Å². The van der Waals surface area contributed by atoms with Crippen molar-refractivity contribution >= 4 is 24.3 Å². The number of nitrogens with zero attached hydrogens (tertiary/aromatic N) is 8. The summed E-state index contributed by atoms with van der Waals surface area (Å²) in [4.78, 5) is 36.4. The number of aromatic amines is 2. The van der Waals surface area contributed by atoms with E-state index in [4.69, 9.17) is 29.9 Å². The van der Waals surface area contributed by atoms with Crippen LogP contribution in [0.3, 0.4) is 0 Å². The molecule has 0 aliphatic carbocycles. The Kier molecular flexibility index (Phi) is 6.03. The van der Waals surface area contributed by atoms with Gasteiger partial charge in [0.15, 0.2) is 23.3 Å². The lowest BCUT2D eigenvalue weighted by Gasteiger charge is -2.32. The Hall–Kier alpha value is -5.14. The number of H-pyrrole nitrogens is 2. The fourth-order valence-electron chi connectivity index (χ4n) is 8.19. The van der Waals surface area contributed by atoms with Crippen LogP contribution in [0.2, 0.25) is 0 Å². The Morgan fingerprint density at radius 1 is 0.460 bits per heavy atom. The first-order valence-electron chi connectivity index (χ1n) is 16.7. The molecule has 0 saturated carbocycles. The number of allylic oxidation sites excluding steroid dienone is 2. The van der Waals surface area contributed by atoms with Gasteiger partial charge < -0.3 is 9.97 Å². The molecule has 0 unspecified atom stereocenters. The van der Waals surface area contributed by atoms with Crippen LogP contribution in [0, 0.1) is 0 Å². The minimum absolute atomic E-state index is 0.475. The van der Waals surface area contributed by atoms with Gasteiger partial charge >= 0.3 is 0 Å². The van der Waals surface area contributed by atoms with Crippen molar-refractivity contribution in [2.45, 2.75) is 77.5 Å². The van der Waals surface area contributed by atoms with E-state index in [2.05, 4.69) is 9.97 Å². The van der Waals surface area contributed by atoms with E-state index in [1.54, 1.807) is 0 Å². The number of hydrogen-bond donors (Lipinski definition) is 2. The topological polar surface area (TPSA) is 155 Å². The summed E-state index contributed by atoms with van der Waals surface area (Å²) in [6.45, 7) is 15.6. The Morgan fingerprint density at radius 3 is 1.08 bits per heavy atom. The maximum Gasteiger partial charge on any atom is 0.164 e. The number of rotatable bonds is 0. The highest BCUT2D eigenvalue weighted by atomic mass is 16.5. The fourth-order valence-corrected chi connectivity index (χ4v) is 8.19. The van der Waals surface area contributed by atoms with Crippen molar-refractivity contribution < 1.29 is 10.4 Å². The van der Waals surface area contributed by atoms with Gasteiger partial charge in [0.05, 0.1) is 22.2 Å². The molecule has 12 nitrogen and oxygen atoms in total. The van der Waals surface area contributed by atoms with Crippen LogP contribution in [0.5, 0.6) is 0 Å². The molecule has 9 rings (SSSR count). The van der Waals surface area contributed by atoms with Gasteiger partial charge in [0.1, 0.15) is 22.6 Å². The van der Waals surface area contributed by atoms with Crippen molar-refractivity contribution in [1.82, 2.24) is 50.0 Å². The van der Waals surface area contributed by atoms with Crippen molar-refractivity contribution in [1.29, 1.82) is 0 Å². The highest BCUT2D eigenvalue weighted by Gasteiger charge is 2.52. The molecule has 2 N–H and O–H groups in total. The second-order valence-electron chi connectivity index (χ2n) is 15.5. The first kappa shape index (κ1) is 30.9. The summed E-state index contributed by atoms with van der Waals surface area (Å²) in [7, 11) is 0. The quantitative estimate of drug-likeness (QED) is 0.227. The molecule has 50 heavy (non-hydrogen) atoms. The zero-order chi connectivity index (χ0) is 35.1. The van der Waals surface area contributed by atoms with E-state index in [1.165, 1.54) is 10.1 Å². The lowest BCUT2D eigenvalue weighted by Crippen LogP contribution is -2.41. The second kappa shape index (κ2) is 9.76. The number of hydrogen-bond acceptors (Lipinski definition) is 8. The van der Waals surface area contributed by atoms with Crippen LogP contribution in [-0.4, -0.2) is 50.0 Å². The van der Waals surface area contributed by atoms with Gasteiger partial charge in [0.2, 0.25) is 0 Å². The van der Waals surface area contributed by atoms with Crippen molar-refractivity contribution in [3.05, 3.63) is 81.3 Å². The summed E-state index contributed by atoms with van der Waals surface area (Å²) >= 11 is 0. The second-order valence-corrected chi connectivity index (χ2v) is 15.5. The summed E-state index contributed by atoms with van der Waals surface area (Å²) < 4.78 is 0. The average Bonchev–Trinajstić information content (AvgIpc) is 3.65. The largest absolute Gasteiger partial charge is 0.325 e. The number of hydroxylamine groups is 4. The summed E-state index contributed by atoms with van der Waals surface area (Å²) in [5, 5.41) is 29.3. The van der Waals surface area contributed by atoms with E-state index in [-0.39, 0.29) is 0 Å². The molecule has 2 radical (unpaired) electrons. The molecule has 0 spiro atoms. The van der Waals surface area contributed by atoms with Crippen molar-refractivity contribution in [3.8, 4) is 45.6 Å². The van der Waals surface area contributed by atoms with Gasteiger partial charge in [-0.15, -0.1) is 20.5 Å². The SMILES string of the molecule is CC1(C)c2cc3c(cc2C(C)(C)N1[O])-c1nc-3nc2[nH]c(nc3nc(nc4[nH]c(n1)=CC=C4)-c1cc4c(cc1-3)C(C)(C)N([O])C4(C)C)=CC=C2. The van der Waals surface area contributed by atoms with E-state index < -0.39 is 22.2 Å². The molecule has 0 amide bonds. The lowest BCUT2D eigenvalue weighted by molar-refractivity contribution is -0.266. The Bertz CT molecular complexity index is 2320. The third kappa shape index (κ3) is 4.13. The van der Waals surface area contributed by atoms with Crippen LogP contribution < -0.4 is 11.0 Å². The van der Waals surface area contributed by atoms with Gasteiger partial charge in [-0.25, -0.2) is 29.9 Å². The van der Waals surface area contributed by atoms with Crippen LogP contribution in [0.4, 0.5) is 0 Å². The van der Waals surface area contributed by atoms with Crippen LogP contribution in [-0.2, 0) is 32.6 Å². The van der Waals surface area contributed by atoms with E-state index in [1.807, 2.05) is 116 Å². The monoisotopic (exact) mass is 664 g/mol. The molecular weight excluding hydrogens is 628 g/mol. The third-order valence-electron chi connectivity index (χ3n) is 10.8. The maximum absolute atomic E-state index is 13.5. The van der Waals surface area contributed by atoms with Gasteiger partial charge in [0.25, 0.3) is 0 Å². The average molecular weight is 665 g/mol. The molecule has 1 aromatic heterocycles. The molecule has 6 aliphatic rings. The first-order valence-corrected chi connectivity index (χ1v) is 16.7. The molecule has 6 aliphatic heterocycles. The fraction of sp³-hybridized carbons (Fsp3) is 0.316. The van der Waals surface area contributed by atoms with Crippen molar-refractivity contribution in [2.75, 3.05) is 0 Å². The smallest absolute Gasteiger partial charge is 0.164 e. The minimum atomic E-state index is -0.742. The molecule has 7 heterocycles. The van der Waals surface area contributed by atoms with Crippen LogP contribution in [0.1, 0.15) is 89.3 Å². The summed E-state index contributed by atoms with van der Waals surface area (Å²) in [6, 6.07) is 8.16. The van der Waals surface area contributed by atoms with E-state index in [0.29, 0.717) is 45.9 Å². The van der Waals surface area contributed by atoms with E-state index >= 15 is 0 Å². The van der Waals surface area contributed by atoms with Gasteiger partial charge in [-0.1, -0.05) is 12.2 Å². The Morgan fingerprint density at radius 2 is 0.760 bits per heavy atom. The molecule has 0 saturated heterocycles. The summed E-state index contributed by atoms with van der Waals surface area (Å²) in [5.74, 6) is 2.97. The summed E-state index contributed by atoms with van der Waals surface area (Å²) in [5.41, 5.74) is 5.04. The standard InChI is InChI=1S/C38H36N10O2/c1-35(2)23-15-19-20(16-24(23)36(3,4)47(35)49)32-42-28-12-10-14-30(40-28)44-34-22-18-26-25(37(5,6)48(50)38(26,7)8)17-21(22)33(46-34)43-29-13-9-11-27(39-29)41-31(19)45-32/h9-18H,1-8H3,(H2,39,40,41,42,43,44,45,46). The molecular formula is C38H36N10O2. The maximum atomic E-state index is 13.5. The molecule has 0 atom stereocenters. The number of aromatic nitrogens is 8.